The molecule has 6 heteroatoms. The highest BCUT2D eigenvalue weighted by Crippen LogP contribution is 2.32. The average molecular weight is 316 g/mol. The Kier molecular flexibility index (Phi) is 6.45. The van der Waals surface area contributed by atoms with Crippen LogP contribution in [0.4, 0.5) is 0 Å². The van der Waals surface area contributed by atoms with E-state index < -0.39 is 5.97 Å². The van der Waals surface area contributed by atoms with Gasteiger partial charge in [0.1, 0.15) is 0 Å². The lowest BCUT2D eigenvalue weighted by Crippen LogP contribution is -2.23. The summed E-state index contributed by atoms with van der Waals surface area (Å²) in [6.07, 6.45) is 5.01. The van der Waals surface area contributed by atoms with Crippen molar-refractivity contribution < 1.29 is 9.90 Å². The van der Waals surface area contributed by atoms with Crippen molar-refractivity contribution in [3.63, 3.8) is 0 Å². The third kappa shape index (κ3) is 4.45. The summed E-state index contributed by atoms with van der Waals surface area (Å²) in [6.45, 7) is 8.66. The fourth-order valence-electron chi connectivity index (χ4n) is 2.05. The fraction of sp³-hybridized carbons (Fsp3) is 0.714. The number of rotatable bonds is 7. The molecule has 0 aliphatic heterocycles. The van der Waals surface area contributed by atoms with E-state index >= 15 is 0 Å². The van der Waals surface area contributed by atoms with E-state index in [0.717, 1.165) is 17.3 Å². The van der Waals surface area contributed by atoms with Crippen LogP contribution < -0.4 is 0 Å². The number of aromatic nitrogens is 2. The molecule has 1 aromatic rings. The number of hydrogen-bond acceptors (Lipinski definition) is 4. The number of nitrogens with zero attached hydrogens (tertiary/aromatic N) is 2. The van der Waals surface area contributed by atoms with Crippen LogP contribution in [-0.4, -0.2) is 38.4 Å². The van der Waals surface area contributed by atoms with Crippen LogP contribution in [0.25, 0.3) is 0 Å². The van der Waals surface area contributed by atoms with Crippen LogP contribution >= 0.6 is 23.5 Å². The maximum absolute atomic E-state index is 10.8. The molecular weight excluding hydrogens is 292 g/mol. The summed E-state index contributed by atoms with van der Waals surface area (Å²) in [4.78, 5) is 15.2. The Hall–Kier alpha value is -0.620. The third-order valence-corrected chi connectivity index (χ3v) is 4.72. The molecule has 1 N–H and O–H groups in total. The van der Waals surface area contributed by atoms with Crippen LogP contribution in [0, 0.1) is 0 Å². The summed E-state index contributed by atoms with van der Waals surface area (Å²) in [5.74, 6) is 0.257. The second-order valence-corrected chi connectivity index (χ2v) is 7.60. The van der Waals surface area contributed by atoms with E-state index in [0.29, 0.717) is 6.04 Å². The number of thioether (sulfide) groups is 2. The Morgan fingerprint density at radius 2 is 2.15 bits per heavy atom. The minimum Gasteiger partial charge on any atom is -0.481 e. The number of aliphatic carboxylic acids is 1. The second-order valence-electron chi connectivity index (χ2n) is 5.75. The highest BCUT2D eigenvalue weighted by Gasteiger charge is 2.25. The zero-order chi connectivity index (χ0) is 15.3. The van der Waals surface area contributed by atoms with E-state index in [1.165, 1.54) is 17.5 Å². The first-order valence-corrected chi connectivity index (χ1v) is 9.10. The minimum atomic E-state index is -0.806. The summed E-state index contributed by atoms with van der Waals surface area (Å²) < 4.78 is 2.24. The number of carbonyl (C=O) groups is 1. The van der Waals surface area contributed by atoms with Crippen molar-refractivity contribution in [2.24, 2.45) is 0 Å². The largest absolute Gasteiger partial charge is 0.481 e. The Bertz CT molecular complexity index is 453. The quantitative estimate of drug-likeness (QED) is 0.778. The molecule has 4 nitrogen and oxygen atoms in total. The Labute approximate surface area is 129 Å². The highest BCUT2D eigenvalue weighted by atomic mass is 32.2. The molecule has 0 aromatic carbocycles. The van der Waals surface area contributed by atoms with Gasteiger partial charge in [-0.2, -0.15) is 11.8 Å². The lowest BCUT2D eigenvalue weighted by atomic mass is 9.92. The summed E-state index contributed by atoms with van der Waals surface area (Å²) in [6, 6.07) is 0.359. The zero-order valence-electron chi connectivity index (χ0n) is 12.8. The van der Waals surface area contributed by atoms with Gasteiger partial charge in [-0.1, -0.05) is 39.5 Å². The number of hydrogen-bond donors (Lipinski definition) is 1. The van der Waals surface area contributed by atoms with Crippen molar-refractivity contribution >= 4 is 29.5 Å². The maximum Gasteiger partial charge on any atom is 0.313 e. The molecule has 0 radical (unpaired) electrons. The van der Waals surface area contributed by atoms with Gasteiger partial charge in [-0.3, -0.25) is 4.79 Å². The van der Waals surface area contributed by atoms with Crippen molar-refractivity contribution in [3.05, 3.63) is 11.9 Å². The first-order chi connectivity index (χ1) is 9.31. The molecule has 0 saturated heterocycles. The topological polar surface area (TPSA) is 55.1 Å². The molecule has 0 fully saturated rings. The standard InChI is InChI=1S/C14H24N2O2S2/c1-6-10(8-19-5)16-11(14(2,3)4)7-15-13(16)20-9-12(17)18/h7,10H,6,8-9H2,1-5H3,(H,17,18). The van der Waals surface area contributed by atoms with Gasteiger partial charge in [-0.15, -0.1) is 0 Å². The third-order valence-electron chi connectivity index (χ3n) is 3.05. The van der Waals surface area contributed by atoms with Crippen LogP contribution in [0.15, 0.2) is 11.4 Å². The Morgan fingerprint density at radius 3 is 2.60 bits per heavy atom. The van der Waals surface area contributed by atoms with Crippen molar-refractivity contribution in [1.82, 2.24) is 9.55 Å². The minimum absolute atomic E-state index is 0.000855. The van der Waals surface area contributed by atoms with Gasteiger partial charge in [0.25, 0.3) is 0 Å². The maximum atomic E-state index is 10.8. The molecule has 0 spiro atoms. The highest BCUT2D eigenvalue weighted by molar-refractivity contribution is 7.99. The van der Waals surface area contributed by atoms with Gasteiger partial charge < -0.3 is 9.67 Å². The normalized spacial score (nSPS) is 13.4. The van der Waals surface area contributed by atoms with Crippen molar-refractivity contribution in [2.45, 2.75) is 50.7 Å². The molecule has 1 atom stereocenters. The van der Waals surface area contributed by atoms with Gasteiger partial charge in [0.15, 0.2) is 5.16 Å². The van der Waals surface area contributed by atoms with E-state index in [2.05, 4.69) is 43.5 Å². The van der Waals surface area contributed by atoms with Crippen LogP contribution in [0.2, 0.25) is 0 Å². The number of carboxylic acids is 1. The van der Waals surface area contributed by atoms with Crippen LogP contribution in [0.1, 0.15) is 45.9 Å². The first-order valence-electron chi connectivity index (χ1n) is 6.72. The van der Waals surface area contributed by atoms with Gasteiger partial charge in [-0.25, -0.2) is 4.98 Å². The molecule has 0 aliphatic carbocycles. The second kappa shape index (κ2) is 7.41. The summed E-state index contributed by atoms with van der Waals surface area (Å²) in [7, 11) is 0. The van der Waals surface area contributed by atoms with E-state index in [4.69, 9.17) is 5.11 Å². The van der Waals surface area contributed by atoms with E-state index in [1.807, 2.05) is 18.0 Å². The molecular formula is C14H24N2O2S2. The Morgan fingerprint density at radius 1 is 1.50 bits per heavy atom. The summed E-state index contributed by atoms with van der Waals surface area (Å²) in [5.41, 5.74) is 1.17. The lowest BCUT2D eigenvalue weighted by molar-refractivity contribution is -0.133. The van der Waals surface area contributed by atoms with Gasteiger partial charge in [0.2, 0.25) is 0 Å². The van der Waals surface area contributed by atoms with Crippen LogP contribution in [0.5, 0.6) is 0 Å². The summed E-state index contributed by atoms with van der Waals surface area (Å²) in [5, 5.41) is 9.69. The molecule has 0 amide bonds. The Balaban J connectivity index is 3.17. The SMILES string of the molecule is CCC(CSC)n1c(C(C)(C)C)cnc1SCC(=O)O. The van der Waals surface area contributed by atoms with Crippen LogP contribution in [-0.2, 0) is 10.2 Å². The molecule has 0 aliphatic rings. The summed E-state index contributed by atoms with van der Waals surface area (Å²) >= 11 is 3.12. The van der Waals surface area contributed by atoms with E-state index in [-0.39, 0.29) is 11.2 Å². The number of carboxylic acid groups (broad SMARTS) is 1. The average Bonchev–Trinajstić information content (AvgIpc) is 2.76. The predicted octanol–water partition coefficient (Wildman–Crippen LogP) is 3.67. The smallest absolute Gasteiger partial charge is 0.313 e. The van der Waals surface area contributed by atoms with E-state index in [1.54, 1.807) is 0 Å². The van der Waals surface area contributed by atoms with Crippen molar-refractivity contribution in [2.75, 3.05) is 17.8 Å². The number of imidazole rings is 1. The molecule has 20 heavy (non-hydrogen) atoms. The molecule has 0 saturated carbocycles. The molecule has 0 bridgehead atoms. The van der Waals surface area contributed by atoms with Gasteiger partial charge in [0, 0.05) is 29.1 Å². The molecule has 114 valence electrons. The first kappa shape index (κ1) is 17.4. The predicted molar refractivity (Wildman–Crippen MR) is 87.0 cm³/mol. The van der Waals surface area contributed by atoms with Crippen molar-refractivity contribution in [3.8, 4) is 0 Å². The fourth-order valence-corrected chi connectivity index (χ4v) is 3.59. The van der Waals surface area contributed by atoms with Crippen LogP contribution in [0.3, 0.4) is 0 Å². The van der Waals surface area contributed by atoms with Gasteiger partial charge in [0.05, 0.1) is 5.75 Å². The molecule has 1 heterocycles. The van der Waals surface area contributed by atoms with Gasteiger partial charge in [-0.05, 0) is 12.7 Å². The van der Waals surface area contributed by atoms with E-state index in [9.17, 15) is 4.79 Å². The monoisotopic (exact) mass is 316 g/mol. The molecule has 1 aromatic heterocycles. The zero-order valence-corrected chi connectivity index (χ0v) is 14.5. The lowest BCUT2D eigenvalue weighted by Gasteiger charge is -2.27. The van der Waals surface area contributed by atoms with Crippen molar-refractivity contribution in [1.29, 1.82) is 0 Å². The van der Waals surface area contributed by atoms with Gasteiger partial charge >= 0.3 is 5.97 Å². The molecule has 1 unspecified atom stereocenters. The molecule has 1 rings (SSSR count).